The lowest BCUT2D eigenvalue weighted by molar-refractivity contribution is -0.142. The molecule has 12 nitrogen and oxygen atoms in total. The number of fused-ring (bicyclic) bond motifs is 1. The number of carboxylic acid groups (broad SMARTS) is 1. The molecule has 2 aromatic heterocycles. The molecule has 3 heterocycles. The number of alkyl carbamates (subject to hydrolysis) is 1. The summed E-state index contributed by atoms with van der Waals surface area (Å²) in [5, 5.41) is 15.2. The number of ether oxygens (including phenoxy) is 1. The maximum absolute atomic E-state index is 12.6. The molecule has 3 N–H and O–H groups in total. The van der Waals surface area contributed by atoms with Crippen LogP contribution in [0.2, 0.25) is 0 Å². The first-order valence-corrected chi connectivity index (χ1v) is 11.6. The van der Waals surface area contributed by atoms with Crippen LogP contribution < -0.4 is 10.6 Å². The van der Waals surface area contributed by atoms with E-state index in [-0.39, 0.29) is 24.3 Å². The summed E-state index contributed by atoms with van der Waals surface area (Å²) in [6, 6.07) is 7.81. The lowest BCUT2D eigenvalue weighted by Gasteiger charge is -2.23. The van der Waals surface area contributed by atoms with Crippen molar-refractivity contribution in [3.63, 3.8) is 0 Å². The second-order valence-electron chi connectivity index (χ2n) is 9.53. The van der Waals surface area contributed by atoms with Crippen LogP contribution in [-0.4, -0.2) is 78.8 Å². The van der Waals surface area contributed by atoms with Crippen LogP contribution in [0.1, 0.15) is 43.6 Å². The number of anilines is 1. The minimum atomic E-state index is -0.940. The molecule has 0 aliphatic carbocycles. The van der Waals surface area contributed by atoms with Gasteiger partial charge in [-0.1, -0.05) is 18.2 Å². The number of carboxylic acids is 1. The van der Waals surface area contributed by atoms with Crippen LogP contribution >= 0.6 is 0 Å². The van der Waals surface area contributed by atoms with Crippen molar-refractivity contribution >= 4 is 35.0 Å². The number of benzene rings is 1. The molecule has 2 amide bonds. The molecule has 4 rings (SSSR count). The predicted octanol–water partition coefficient (Wildman–Crippen LogP) is 2.30. The van der Waals surface area contributed by atoms with Crippen LogP contribution in [0.4, 0.5) is 10.6 Å². The summed E-state index contributed by atoms with van der Waals surface area (Å²) in [6.45, 7) is 6.33. The Morgan fingerprint density at radius 2 is 1.89 bits per heavy atom. The minimum absolute atomic E-state index is 0.217. The van der Waals surface area contributed by atoms with E-state index in [1.54, 1.807) is 56.3 Å². The highest BCUT2D eigenvalue weighted by Crippen LogP contribution is 2.30. The Balaban J connectivity index is 1.46. The highest BCUT2D eigenvalue weighted by atomic mass is 16.6. The Morgan fingerprint density at radius 3 is 2.58 bits per heavy atom. The summed E-state index contributed by atoms with van der Waals surface area (Å²) < 4.78 is 7.04. The summed E-state index contributed by atoms with van der Waals surface area (Å²) in [5.74, 6) is -0.982. The number of rotatable bonds is 7. The summed E-state index contributed by atoms with van der Waals surface area (Å²) >= 11 is 0. The first-order valence-electron chi connectivity index (χ1n) is 11.6. The molecular formula is C24H29N7O5. The van der Waals surface area contributed by atoms with E-state index in [2.05, 4.69) is 25.6 Å². The molecule has 1 saturated heterocycles. The van der Waals surface area contributed by atoms with Crippen LogP contribution in [0.5, 0.6) is 0 Å². The number of carbonyl (C=O) groups is 3. The normalized spacial score (nSPS) is 18.2. The largest absolute Gasteiger partial charge is 0.480 e. The molecule has 2 atom stereocenters. The van der Waals surface area contributed by atoms with Crippen molar-refractivity contribution in [2.24, 2.45) is 0 Å². The van der Waals surface area contributed by atoms with Crippen molar-refractivity contribution in [3.05, 3.63) is 48.5 Å². The number of aliphatic carboxylic acids is 1. The van der Waals surface area contributed by atoms with Gasteiger partial charge in [0, 0.05) is 25.2 Å². The van der Waals surface area contributed by atoms with E-state index in [1.165, 1.54) is 6.33 Å². The second kappa shape index (κ2) is 10.3. The van der Waals surface area contributed by atoms with E-state index >= 15 is 0 Å². The van der Waals surface area contributed by atoms with E-state index in [0.29, 0.717) is 36.2 Å². The zero-order valence-electron chi connectivity index (χ0n) is 20.3. The summed E-state index contributed by atoms with van der Waals surface area (Å²) in [5.41, 5.74) is 0.783. The zero-order valence-corrected chi connectivity index (χ0v) is 20.3. The molecule has 36 heavy (non-hydrogen) atoms. The quantitative estimate of drug-likeness (QED) is 0.448. The van der Waals surface area contributed by atoms with E-state index in [9.17, 15) is 19.5 Å². The number of hydrogen-bond acceptors (Lipinski definition) is 8. The number of imidazole rings is 1. The maximum atomic E-state index is 12.6. The molecule has 1 aromatic carbocycles. The van der Waals surface area contributed by atoms with Crippen molar-refractivity contribution in [1.82, 2.24) is 29.7 Å². The number of hydrogen-bond donors (Lipinski definition) is 3. The highest BCUT2D eigenvalue weighted by Gasteiger charge is 2.38. The van der Waals surface area contributed by atoms with Gasteiger partial charge in [0.05, 0.1) is 12.4 Å². The molecule has 0 spiro atoms. The number of carbonyl (C=O) groups excluding carboxylic acids is 2. The third-order valence-corrected chi connectivity index (χ3v) is 5.75. The standard InChI is InChI=1S/C24H29N7O5/c1-24(2,3)36-23(35)25-9-10-30-12-16(11-17(30)22(33)34)31-14-28-18-19(26-13-27-20(18)31)29-21(32)15-7-5-4-6-8-15/h4-8,13-14,16-17H,9-12H2,1-3H3,(H,25,35)(H,33,34)(H,26,27,29,32)/t16-,17?/m0/s1. The third-order valence-electron chi connectivity index (χ3n) is 5.75. The average molecular weight is 496 g/mol. The zero-order chi connectivity index (χ0) is 25.9. The van der Waals surface area contributed by atoms with Gasteiger partial charge in [-0.05, 0) is 39.3 Å². The van der Waals surface area contributed by atoms with Gasteiger partial charge in [0.15, 0.2) is 17.0 Å². The fourth-order valence-corrected chi connectivity index (χ4v) is 4.18. The molecule has 1 unspecified atom stereocenters. The molecule has 1 aliphatic heterocycles. The monoisotopic (exact) mass is 495 g/mol. The van der Waals surface area contributed by atoms with Crippen molar-refractivity contribution < 1.29 is 24.2 Å². The lowest BCUT2D eigenvalue weighted by Crippen LogP contribution is -2.42. The average Bonchev–Trinajstić information content (AvgIpc) is 3.43. The van der Waals surface area contributed by atoms with Gasteiger partial charge in [0.25, 0.3) is 5.91 Å². The van der Waals surface area contributed by atoms with E-state index in [1.807, 2.05) is 10.6 Å². The number of nitrogens with one attached hydrogen (secondary N) is 2. The molecule has 12 heteroatoms. The Bertz CT molecular complexity index is 1250. The third kappa shape index (κ3) is 5.77. The van der Waals surface area contributed by atoms with Gasteiger partial charge in [-0.25, -0.2) is 19.7 Å². The van der Waals surface area contributed by atoms with Crippen LogP contribution in [0.3, 0.4) is 0 Å². The van der Waals surface area contributed by atoms with E-state index in [4.69, 9.17) is 4.74 Å². The fraction of sp³-hybridized carbons (Fsp3) is 0.417. The van der Waals surface area contributed by atoms with Crippen LogP contribution in [-0.2, 0) is 9.53 Å². The van der Waals surface area contributed by atoms with E-state index in [0.717, 1.165) is 0 Å². The molecule has 0 bridgehead atoms. The van der Waals surface area contributed by atoms with Gasteiger partial charge in [0.2, 0.25) is 0 Å². The van der Waals surface area contributed by atoms with Gasteiger partial charge < -0.3 is 25.0 Å². The number of nitrogens with zero attached hydrogens (tertiary/aromatic N) is 5. The number of amides is 2. The van der Waals surface area contributed by atoms with Crippen molar-refractivity contribution in [1.29, 1.82) is 0 Å². The molecule has 0 saturated carbocycles. The topological polar surface area (TPSA) is 152 Å². The Morgan fingerprint density at radius 1 is 1.14 bits per heavy atom. The first kappa shape index (κ1) is 25.0. The molecule has 3 aromatic rings. The Hall–Kier alpha value is -4.06. The Kier molecular flexibility index (Phi) is 7.15. The SMILES string of the molecule is CC(C)(C)OC(=O)NCCN1C[C@@H](n2cnc3c(NC(=O)c4ccccc4)ncnc32)CC1C(=O)O. The van der Waals surface area contributed by atoms with Gasteiger partial charge in [-0.2, -0.15) is 0 Å². The molecular weight excluding hydrogens is 466 g/mol. The fourth-order valence-electron chi connectivity index (χ4n) is 4.18. The number of aromatic nitrogens is 4. The van der Waals surface area contributed by atoms with Crippen LogP contribution in [0, 0.1) is 0 Å². The molecule has 190 valence electrons. The van der Waals surface area contributed by atoms with Gasteiger partial charge in [-0.3, -0.25) is 14.5 Å². The van der Waals surface area contributed by atoms with Crippen molar-refractivity contribution in [2.45, 2.75) is 44.9 Å². The van der Waals surface area contributed by atoms with E-state index < -0.39 is 23.7 Å². The summed E-state index contributed by atoms with van der Waals surface area (Å²) in [7, 11) is 0. The lowest BCUT2D eigenvalue weighted by atomic mass is 10.1. The molecule has 1 aliphatic rings. The van der Waals surface area contributed by atoms with Crippen molar-refractivity contribution in [2.75, 3.05) is 25.0 Å². The van der Waals surface area contributed by atoms with Gasteiger partial charge in [0.1, 0.15) is 18.0 Å². The van der Waals surface area contributed by atoms with Crippen molar-refractivity contribution in [3.8, 4) is 0 Å². The highest BCUT2D eigenvalue weighted by molar-refractivity contribution is 6.06. The smallest absolute Gasteiger partial charge is 0.407 e. The van der Waals surface area contributed by atoms with Crippen LogP contribution in [0.25, 0.3) is 11.2 Å². The Labute approximate surface area is 207 Å². The summed E-state index contributed by atoms with van der Waals surface area (Å²) in [6.07, 6.45) is 2.72. The van der Waals surface area contributed by atoms with Gasteiger partial charge in [-0.15, -0.1) is 0 Å². The molecule has 1 fully saturated rings. The maximum Gasteiger partial charge on any atom is 0.407 e. The van der Waals surface area contributed by atoms with Gasteiger partial charge >= 0.3 is 12.1 Å². The first-order chi connectivity index (χ1) is 17.1. The predicted molar refractivity (Wildman–Crippen MR) is 131 cm³/mol. The number of likely N-dealkylation sites (tertiary alicyclic amines) is 1. The minimum Gasteiger partial charge on any atom is -0.480 e. The molecule has 0 radical (unpaired) electrons. The summed E-state index contributed by atoms with van der Waals surface area (Å²) in [4.78, 5) is 51.2. The second-order valence-corrected chi connectivity index (χ2v) is 9.53. The van der Waals surface area contributed by atoms with Crippen LogP contribution in [0.15, 0.2) is 43.0 Å².